The Labute approximate surface area is 222 Å². The van der Waals surface area contributed by atoms with Crippen molar-refractivity contribution in [2.75, 3.05) is 0 Å². The molecule has 2 fully saturated rings. The Morgan fingerprint density at radius 2 is 1.73 bits per heavy atom. The van der Waals surface area contributed by atoms with Crippen LogP contribution in [-0.2, 0) is 14.4 Å². The van der Waals surface area contributed by atoms with E-state index in [2.05, 4.69) is 47.6 Å². The van der Waals surface area contributed by atoms with Crippen molar-refractivity contribution in [3.05, 3.63) is 23.3 Å². The highest BCUT2D eigenvalue weighted by Gasteiger charge is 2.69. The van der Waals surface area contributed by atoms with Gasteiger partial charge in [-0.05, 0) is 72.7 Å². The van der Waals surface area contributed by atoms with E-state index >= 15 is 0 Å². The lowest BCUT2D eigenvalue weighted by molar-refractivity contribution is -0.177. The van der Waals surface area contributed by atoms with Gasteiger partial charge in [0.15, 0.2) is 11.6 Å². The summed E-state index contributed by atoms with van der Waals surface area (Å²) in [7, 11) is 0. The number of Topliss-reactive ketones (excluding diaryl/α,β-unsaturated/α-hetero) is 1. The zero-order chi connectivity index (χ0) is 28.0. The highest BCUT2D eigenvalue weighted by atomic mass is 16.4. The Balaban J connectivity index is 1.86. The van der Waals surface area contributed by atoms with Gasteiger partial charge in [-0.2, -0.15) is 5.26 Å². The molecule has 0 bridgehead atoms. The largest absolute Gasteiger partial charge is 0.481 e. The van der Waals surface area contributed by atoms with Crippen LogP contribution >= 0.6 is 0 Å². The fraction of sp³-hybridized carbons (Fsp3) is 0.750. The molecule has 7 atom stereocenters. The van der Waals surface area contributed by atoms with Gasteiger partial charge in [0.25, 0.3) is 0 Å². The van der Waals surface area contributed by atoms with Crippen LogP contribution in [-0.4, -0.2) is 22.6 Å². The fourth-order valence-electron chi connectivity index (χ4n) is 9.31. The molecule has 4 rings (SSSR count). The predicted molar refractivity (Wildman–Crippen MR) is 143 cm³/mol. The van der Waals surface area contributed by atoms with E-state index in [0.717, 1.165) is 24.8 Å². The van der Waals surface area contributed by atoms with Crippen LogP contribution in [0.25, 0.3) is 0 Å². The number of ketones is 2. The van der Waals surface area contributed by atoms with Crippen LogP contribution in [0.3, 0.4) is 0 Å². The molecule has 202 valence electrons. The summed E-state index contributed by atoms with van der Waals surface area (Å²) in [5, 5.41) is 20.4. The standard InChI is InChI=1S/C32H45NO4/c1-19-24-21(34)16-23-29(7)17-20(18-33)25(35)28(5,6)22(29)10-11-30(23,8)31(24,9)13-15-32(19,26(36)37)14-12-27(2,3)4/h16-17,19,22,24H,10-15H2,1-9H3,(H,36,37)/t19-,22+,24+,29+,30-,31-,32+/m1/s1. The number of aliphatic carboxylic acids is 1. The molecule has 0 aromatic carbocycles. The highest BCUT2D eigenvalue weighted by molar-refractivity contribution is 6.04. The van der Waals surface area contributed by atoms with Gasteiger partial charge in [-0.15, -0.1) is 0 Å². The number of hydrogen-bond acceptors (Lipinski definition) is 4. The normalized spacial score (nSPS) is 43.0. The van der Waals surface area contributed by atoms with Crippen LogP contribution in [0.5, 0.6) is 0 Å². The third-order valence-electron chi connectivity index (χ3n) is 11.8. The number of rotatable bonds is 3. The molecule has 0 amide bonds. The number of carbonyl (C=O) groups excluding carboxylic acids is 2. The van der Waals surface area contributed by atoms with E-state index in [1.807, 2.05) is 32.9 Å². The molecule has 0 aliphatic heterocycles. The summed E-state index contributed by atoms with van der Waals surface area (Å²) < 4.78 is 0. The lowest BCUT2D eigenvalue weighted by Crippen LogP contribution is -2.64. The molecular formula is C32H45NO4. The van der Waals surface area contributed by atoms with E-state index in [9.17, 15) is 24.8 Å². The highest BCUT2D eigenvalue weighted by Crippen LogP contribution is 2.73. The predicted octanol–water partition coefficient (Wildman–Crippen LogP) is 6.93. The molecule has 0 saturated heterocycles. The van der Waals surface area contributed by atoms with Crippen LogP contribution in [0.1, 0.15) is 101 Å². The minimum atomic E-state index is -0.914. The SMILES string of the molecule is C[C@@H]1[C@H]2C(=O)C=C3[C@@]4(C)C=C(C#N)C(=O)C(C)(C)[C@@H]4CC[C@@]3(C)[C@]2(C)CC[C@]1(CCC(C)(C)C)C(=O)O. The summed E-state index contributed by atoms with van der Waals surface area (Å²) >= 11 is 0. The van der Waals surface area contributed by atoms with Gasteiger partial charge in [-0.25, -0.2) is 0 Å². The maximum absolute atomic E-state index is 14.1. The molecule has 37 heavy (non-hydrogen) atoms. The second kappa shape index (κ2) is 8.14. The van der Waals surface area contributed by atoms with Crippen molar-refractivity contribution >= 4 is 17.5 Å². The molecule has 4 aliphatic carbocycles. The minimum absolute atomic E-state index is 0.00258. The molecule has 0 spiro atoms. The molecule has 1 N–H and O–H groups in total. The summed E-state index contributed by atoms with van der Waals surface area (Å²) in [6, 6.07) is 2.14. The lowest BCUT2D eigenvalue weighted by atomic mass is 9.35. The summed E-state index contributed by atoms with van der Waals surface area (Å²) in [5.74, 6) is -1.51. The molecule has 2 saturated carbocycles. The van der Waals surface area contributed by atoms with E-state index in [0.29, 0.717) is 19.3 Å². The molecule has 0 unspecified atom stereocenters. The second-order valence-corrected chi connectivity index (χ2v) is 15.1. The van der Waals surface area contributed by atoms with Crippen molar-refractivity contribution in [1.29, 1.82) is 5.26 Å². The number of nitrogens with zero attached hydrogens (tertiary/aromatic N) is 1. The number of allylic oxidation sites excluding steroid dienone is 4. The number of fused-ring (bicyclic) bond motifs is 5. The molecule has 0 aromatic rings. The summed E-state index contributed by atoms with van der Waals surface area (Å²) in [4.78, 5) is 40.1. The monoisotopic (exact) mass is 507 g/mol. The quantitative estimate of drug-likeness (QED) is 0.447. The van der Waals surface area contributed by atoms with E-state index in [4.69, 9.17) is 0 Å². The summed E-state index contributed by atoms with van der Waals surface area (Å²) in [6.45, 7) is 18.9. The maximum Gasteiger partial charge on any atom is 0.309 e. The van der Waals surface area contributed by atoms with Crippen molar-refractivity contribution in [3.8, 4) is 6.07 Å². The Hall–Kier alpha value is -2.22. The molecular weight excluding hydrogens is 462 g/mol. The Kier molecular flexibility index (Phi) is 6.12. The molecule has 0 heterocycles. The minimum Gasteiger partial charge on any atom is -0.481 e. The number of hydrogen-bond donors (Lipinski definition) is 1. The van der Waals surface area contributed by atoms with Crippen LogP contribution in [0, 0.1) is 61.6 Å². The average Bonchev–Trinajstić information content (AvgIpc) is 2.77. The molecule has 0 radical (unpaired) electrons. The third kappa shape index (κ3) is 3.57. The van der Waals surface area contributed by atoms with Gasteiger partial charge in [0.05, 0.1) is 11.0 Å². The van der Waals surface area contributed by atoms with Crippen molar-refractivity contribution in [1.82, 2.24) is 0 Å². The van der Waals surface area contributed by atoms with Crippen molar-refractivity contribution < 1.29 is 19.5 Å². The zero-order valence-corrected chi connectivity index (χ0v) is 24.2. The first-order chi connectivity index (χ1) is 16.8. The number of nitriles is 1. The third-order valence-corrected chi connectivity index (χ3v) is 11.8. The Morgan fingerprint density at radius 1 is 1.11 bits per heavy atom. The average molecular weight is 508 g/mol. The first kappa shape index (κ1) is 27.8. The van der Waals surface area contributed by atoms with Crippen LogP contribution < -0.4 is 0 Å². The maximum atomic E-state index is 14.1. The van der Waals surface area contributed by atoms with Gasteiger partial charge in [0, 0.05) is 16.7 Å². The van der Waals surface area contributed by atoms with E-state index < -0.39 is 27.6 Å². The number of carboxylic acids is 1. The number of carbonyl (C=O) groups is 3. The molecule has 4 aliphatic rings. The van der Waals surface area contributed by atoms with Gasteiger partial charge < -0.3 is 5.11 Å². The van der Waals surface area contributed by atoms with Crippen molar-refractivity contribution in [2.45, 2.75) is 101 Å². The first-order valence-corrected chi connectivity index (χ1v) is 14.0. The lowest BCUT2D eigenvalue weighted by Gasteiger charge is -2.67. The van der Waals surface area contributed by atoms with Gasteiger partial charge >= 0.3 is 5.97 Å². The summed E-state index contributed by atoms with van der Waals surface area (Å²) in [6.07, 6.45) is 7.95. The van der Waals surface area contributed by atoms with Crippen LogP contribution in [0.2, 0.25) is 0 Å². The van der Waals surface area contributed by atoms with Crippen LogP contribution in [0.15, 0.2) is 23.3 Å². The molecule has 5 nitrogen and oxygen atoms in total. The second-order valence-electron chi connectivity index (χ2n) is 15.1. The topological polar surface area (TPSA) is 95.2 Å². The van der Waals surface area contributed by atoms with E-state index in [1.54, 1.807) is 0 Å². The summed E-state index contributed by atoms with van der Waals surface area (Å²) in [5.41, 5.74) is -1.65. The first-order valence-electron chi connectivity index (χ1n) is 14.0. The molecule has 5 heteroatoms. The Morgan fingerprint density at radius 3 is 2.27 bits per heavy atom. The smallest absolute Gasteiger partial charge is 0.309 e. The Bertz CT molecular complexity index is 1160. The van der Waals surface area contributed by atoms with E-state index in [-0.39, 0.29) is 45.7 Å². The van der Waals surface area contributed by atoms with E-state index in [1.165, 1.54) is 0 Å². The van der Waals surface area contributed by atoms with Gasteiger partial charge in [0.1, 0.15) is 6.07 Å². The van der Waals surface area contributed by atoms with Gasteiger partial charge in [-0.1, -0.05) is 74.0 Å². The molecule has 0 aromatic heterocycles. The fourth-order valence-corrected chi connectivity index (χ4v) is 9.31. The van der Waals surface area contributed by atoms with Crippen molar-refractivity contribution in [3.63, 3.8) is 0 Å². The van der Waals surface area contributed by atoms with Crippen molar-refractivity contribution in [2.24, 2.45) is 50.2 Å². The number of carboxylic acid groups (broad SMARTS) is 1. The van der Waals surface area contributed by atoms with Gasteiger partial charge in [0.2, 0.25) is 0 Å². The van der Waals surface area contributed by atoms with Crippen LogP contribution in [0.4, 0.5) is 0 Å². The zero-order valence-electron chi connectivity index (χ0n) is 24.2. The van der Waals surface area contributed by atoms with Gasteiger partial charge in [-0.3, -0.25) is 14.4 Å².